The molecule has 2 N–H and O–H groups in total. The number of piperidine rings is 1. The van der Waals surface area contributed by atoms with Crippen LogP contribution in [0.25, 0.3) is 0 Å². The molecular formula is C17H25N3O2. The lowest BCUT2D eigenvalue weighted by molar-refractivity contribution is -0.133. The van der Waals surface area contributed by atoms with Crippen molar-refractivity contribution in [3.63, 3.8) is 0 Å². The topological polar surface area (TPSA) is 61.4 Å². The third kappa shape index (κ3) is 5.48. The van der Waals surface area contributed by atoms with Crippen molar-refractivity contribution in [1.82, 2.24) is 10.2 Å². The lowest BCUT2D eigenvalue weighted by Gasteiger charge is -2.23. The highest BCUT2D eigenvalue weighted by molar-refractivity contribution is 5.94. The second-order valence-corrected chi connectivity index (χ2v) is 5.90. The lowest BCUT2D eigenvalue weighted by atomic mass is 9.93. The van der Waals surface area contributed by atoms with Crippen LogP contribution in [0.3, 0.4) is 0 Å². The van der Waals surface area contributed by atoms with E-state index in [1.807, 2.05) is 30.3 Å². The molecule has 0 aromatic heterocycles. The summed E-state index contributed by atoms with van der Waals surface area (Å²) in [6, 6.07) is 9.28. The highest BCUT2D eigenvalue weighted by Gasteiger charge is 2.17. The normalized spacial score (nSPS) is 15.3. The number of carbonyl (C=O) groups is 2. The molecule has 5 heteroatoms. The van der Waals surface area contributed by atoms with Gasteiger partial charge in [0.15, 0.2) is 0 Å². The molecule has 1 aliphatic rings. The van der Waals surface area contributed by atoms with Gasteiger partial charge in [0.2, 0.25) is 11.8 Å². The number of amides is 2. The molecule has 5 nitrogen and oxygen atoms in total. The molecule has 0 bridgehead atoms. The lowest BCUT2D eigenvalue weighted by Crippen LogP contribution is -2.35. The maximum atomic E-state index is 12.1. The van der Waals surface area contributed by atoms with Crippen LogP contribution in [0.15, 0.2) is 30.3 Å². The van der Waals surface area contributed by atoms with Gasteiger partial charge in [-0.25, -0.2) is 0 Å². The molecule has 120 valence electrons. The number of carbonyl (C=O) groups excluding carboxylic acids is 2. The van der Waals surface area contributed by atoms with E-state index in [2.05, 4.69) is 10.6 Å². The van der Waals surface area contributed by atoms with Gasteiger partial charge in [0.1, 0.15) is 0 Å². The first-order valence-electron chi connectivity index (χ1n) is 7.94. The van der Waals surface area contributed by atoms with Gasteiger partial charge >= 0.3 is 0 Å². The minimum absolute atomic E-state index is 0.0433. The summed E-state index contributed by atoms with van der Waals surface area (Å²) >= 11 is 0. The second kappa shape index (κ2) is 8.54. The molecule has 0 spiro atoms. The maximum Gasteiger partial charge on any atom is 0.243 e. The van der Waals surface area contributed by atoms with Crippen LogP contribution in [0.2, 0.25) is 0 Å². The molecule has 1 heterocycles. The number of benzene rings is 1. The molecule has 1 aromatic carbocycles. The first kappa shape index (κ1) is 16.5. The van der Waals surface area contributed by atoms with Crippen LogP contribution in [0.1, 0.15) is 25.7 Å². The number of para-hydroxylation sites is 1. The molecule has 0 aliphatic carbocycles. The van der Waals surface area contributed by atoms with Crippen molar-refractivity contribution in [2.75, 3.05) is 32.0 Å². The van der Waals surface area contributed by atoms with Gasteiger partial charge in [-0.1, -0.05) is 18.2 Å². The zero-order valence-electron chi connectivity index (χ0n) is 13.2. The van der Waals surface area contributed by atoms with Crippen LogP contribution in [0, 0.1) is 5.92 Å². The summed E-state index contributed by atoms with van der Waals surface area (Å²) in [7, 11) is 1.69. The van der Waals surface area contributed by atoms with Gasteiger partial charge in [0.05, 0.1) is 6.54 Å². The predicted molar refractivity (Wildman–Crippen MR) is 87.5 cm³/mol. The minimum atomic E-state index is -0.163. The fourth-order valence-electron chi connectivity index (χ4n) is 2.71. The van der Waals surface area contributed by atoms with Crippen molar-refractivity contribution in [3.8, 4) is 0 Å². The molecular weight excluding hydrogens is 278 g/mol. The molecule has 22 heavy (non-hydrogen) atoms. The number of nitrogens with zero attached hydrogens (tertiary/aromatic N) is 1. The number of hydrogen-bond acceptors (Lipinski definition) is 3. The zero-order chi connectivity index (χ0) is 15.8. The van der Waals surface area contributed by atoms with E-state index in [1.165, 1.54) is 4.90 Å². The Kier molecular flexibility index (Phi) is 6.40. The number of hydrogen-bond donors (Lipinski definition) is 2. The molecule has 1 aliphatic heterocycles. The van der Waals surface area contributed by atoms with Crippen LogP contribution in [0.4, 0.5) is 5.69 Å². The van der Waals surface area contributed by atoms with Crippen molar-refractivity contribution in [2.45, 2.75) is 25.7 Å². The summed E-state index contributed by atoms with van der Waals surface area (Å²) < 4.78 is 0. The van der Waals surface area contributed by atoms with Gasteiger partial charge in [-0.2, -0.15) is 0 Å². The molecule has 0 atom stereocenters. The summed E-state index contributed by atoms with van der Waals surface area (Å²) in [5, 5.41) is 6.12. The van der Waals surface area contributed by atoms with Gasteiger partial charge in [-0.3, -0.25) is 9.59 Å². The molecule has 1 aromatic rings. The van der Waals surface area contributed by atoms with Crippen molar-refractivity contribution in [1.29, 1.82) is 0 Å². The number of nitrogens with one attached hydrogen (secondary N) is 2. The fourth-order valence-corrected chi connectivity index (χ4v) is 2.71. The predicted octanol–water partition coefficient (Wildman–Crippen LogP) is 1.86. The smallest absolute Gasteiger partial charge is 0.243 e. The third-order valence-electron chi connectivity index (χ3n) is 4.09. The SMILES string of the molecule is CN(CC(=O)Nc1ccccc1)C(=O)CCC1CCNCC1. The maximum absolute atomic E-state index is 12.1. The van der Waals surface area contributed by atoms with Crippen molar-refractivity contribution in [3.05, 3.63) is 30.3 Å². The van der Waals surface area contributed by atoms with Crippen molar-refractivity contribution >= 4 is 17.5 Å². The highest BCUT2D eigenvalue weighted by Crippen LogP contribution is 2.18. The Labute approximate surface area is 132 Å². The molecule has 1 saturated heterocycles. The van der Waals surface area contributed by atoms with E-state index >= 15 is 0 Å². The van der Waals surface area contributed by atoms with Gasteiger partial charge in [-0.15, -0.1) is 0 Å². The molecule has 0 radical (unpaired) electrons. The number of rotatable bonds is 6. The van der Waals surface area contributed by atoms with Gasteiger partial charge < -0.3 is 15.5 Å². The first-order chi connectivity index (χ1) is 10.6. The standard InChI is InChI=1S/C17H25N3O2/c1-20(13-16(21)19-15-5-3-2-4-6-15)17(22)8-7-14-9-11-18-12-10-14/h2-6,14,18H,7-13H2,1H3,(H,19,21). The van der Waals surface area contributed by atoms with E-state index in [0.717, 1.165) is 38.0 Å². The average Bonchev–Trinajstić information content (AvgIpc) is 2.54. The van der Waals surface area contributed by atoms with E-state index < -0.39 is 0 Å². The molecule has 2 rings (SSSR count). The van der Waals surface area contributed by atoms with Crippen LogP contribution in [-0.2, 0) is 9.59 Å². The van der Waals surface area contributed by atoms with E-state index in [0.29, 0.717) is 12.3 Å². The summed E-state index contributed by atoms with van der Waals surface area (Å²) in [5.41, 5.74) is 0.753. The number of anilines is 1. The zero-order valence-corrected chi connectivity index (χ0v) is 13.2. The summed E-state index contributed by atoms with van der Waals surface area (Å²) in [6.07, 6.45) is 3.74. The molecule has 0 saturated carbocycles. The molecule has 0 unspecified atom stereocenters. The van der Waals surface area contributed by atoms with Crippen LogP contribution < -0.4 is 10.6 Å². The van der Waals surface area contributed by atoms with Crippen molar-refractivity contribution in [2.24, 2.45) is 5.92 Å². The molecule has 1 fully saturated rings. The minimum Gasteiger partial charge on any atom is -0.336 e. The molecule has 2 amide bonds. The van der Waals surface area contributed by atoms with Crippen LogP contribution >= 0.6 is 0 Å². The van der Waals surface area contributed by atoms with Gasteiger partial charge in [0, 0.05) is 19.2 Å². The second-order valence-electron chi connectivity index (χ2n) is 5.90. The van der Waals surface area contributed by atoms with Gasteiger partial charge in [-0.05, 0) is 50.4 Å². The summed E-state index contributed by atoms with van der Waals surface area (Å²) in [5.74, 6) is 0.516. The fraction of sp³-hybridized carbons (Fsp3) is 0.529. The Hall–Kier alpha value is -1.88. The Bertz CT molecular complexity index is 484. The van der Waals surface area contributed by atoms with E-state index in [1.54, 1.807) is 7.05 Å². The van der Waals surface area contributed by atoms with Crippen LogP contribution in [-0.4, -0.2) is 43.4 Å². The van der Waals surface area contributed by atoms with E-state index in [-0.39, 0.29) is 18.4 Å². The summed E-state index contributed by atoms with van der Waals surface area (Å²) in [6.45, 7) is 2.20. The highest BCUT2D eigenvalue weighted by atomic mass is 16.2. The average molecular weight is 303 g/mol. The summed E-state index contributed by atoms with van der Waals surface area (Å²) in [4.78, 5) is 25.5. The Morgan fingerprint density at radius 1 is 1.23 bits per heavy atom. The van der Waals surface area contributed by atoms with E-state index in [4.69, 9.17) is 0 Å². The van der Waals surface area contributed by atoms with Gasteiger partial charge in [0.25, 0.3) is 0 Å². The Balaban J connectivity index is 1.70. The van der Waals surface area contributed by atoms with Crippen LogP contribution in [0.5, 0.6) is 0 Å². The Morgan fingerprint density at radius 2 is 1.91 bits per heavy atom. The Morgan fingerprint density at radius 3 is 2.59 bits per heavy atom. The quantitative estimate of drug-likeness (QED) is 0.843. The van der Waals surface area contributed by atoms with E-state index in [9.17, 15) is 9.59 Å². The first-order valence-corrected chi connectivity index (χ1v) is 7.94. The number of likely N-dealkylation sites (N-methyl/N-ethyl adjacent to an activating group) is 1. The largest absolute Gasteiger partial charge is 0.336 e. The monoisotopic (exact) mass is 303 g/mol. The third-order valence-corrected chi connectivity index (χ3v) is 4.09. The van der Waals surface area contributed by atoms with Crippen molar-refractivity contribution < 1.29 is 9.59 Å².